The van der Waals surface area contributed by atoms with Gasteiger partial charge < -0.3 is 10.1 Å². The summed E-state index contributed by atoms with van der Waals surface area (Å²) < 4.78 is 70.0. The lowest BCUT2D eigenvalue weighted by molar-refractivity contribution is -0.385. The van der Waals surface area contributed by atoms with E-state index in [1.807, 2.05) is 0 Å². The third-order valence-corrected chi connectivity index (χ3v) is 3.68. The molecule has 30 heavy (non-hydrogen) atoms. The van der Waals surface area contributed by atoms with Gasteiger partial charge >= 0.3 is 18.1 Å². The molecule has 0 aliphatic rings. The van der Waals surface area contributed by atoms with E-state index in [0.717, 1.165) is 13.2 Å². The van der Waals surface area contributed by atoms with E-state index in [-0.39, 0.29) is 0 Å². The number of nitrogens with zero attached hydrogens (tertiary/aromatic N) is 1. The molecule has 158 valence electrons. The van der Waals surface area contributed by atoms with Crippen molar-refractivity contribution in [1.29, 1.82) is 0 Å². The highest BCUT2D eigenvalue weighted by Crippen LogP contribution is 2.28. The molecule has 13 heteroatoms. The van der Waals surface area contributed by atoms with Gasteiger partial charge in [0.05, 0.1) is 23.3 Å². The van der Waals surface area contributed by atoms with Crippen LogP contribution in [0.2, 0.25) is 0 Å². The molecule has 0 spiro atoms. The van der Waals surface area contributed by atoms with Crippen LogP contribution in [-0.4, -0.2) is 35.9 Å². The molecule has 8 nitrogen and oxygen atoms in total. The summed E-state index contributed by atoms with van der Waals surface area (Å²) in [4.78, 5) is 45.3. The summed E-state index contributed by atoms with van der Waals surface area (Å²) in [6.45, 7) is 0. The number of alkyl halides is 3. The fraction of sp³-hybridized carbons (Fsp3) is 0.118. The summed E-state index contributed by atoms with van der Waals surface area (Å²) in [5, 5.41) is 12.2. The average molecular weight is 432 g/mol. The Labute approximate surface area is 163 Å². The highest BCUT2D eigenvalue weighted by atomic mass is 19.4. The van der Waals surface area contributed by atoms with E-state index in [4.69, 9.17) is 0 Å². The van der Waals surface area contributed by atoms with Crippen molar-refractivity contribution in [1.82, 2.24) is 0 Å². The molecule has 2 aromatic rings. The standard InChI is InChI=1S/C17H9F5N2O6/c1-30-15(26)8-6-7(2-5-11(8)24(28)29)14(25)12-9(18)3-4-10(13(12)19)23-16(27)17(20,21)22/h2-6H,1H3,(H,23,27). The largest absolute Gasteiger partial charge is 0.471 e. The second-order valence-electron chi connectivity index (χ2n) is 5.55. The second kappa shape index (κ2) is 8.23. The number of esters is 1. The van der Waals surface area contributed by atoms with Gasteiger partial charge in [-0.2, -0.15) is 13.2 Å². The SMILES string of the molecule is COC(=O)c1cc(C(=O)c2c(F)ccc(NC(=O)C(F)(F)F)c2F)ccc1[N+](=O)[O-]. The summed E-state index contributed by atoms with van der Waals surface area (Å²) in [6, 6.07) is 3.05. The summed E-state index contributed by atoms with van der Waals surface area (Å²) in [5.41, 5.74) is -4.53. The minimum atomic E-state index is -5.38. The number of ketones is 1. The number of methoxy groups -OCH3 is 1. The van der Waals surface area contributed by atoms with Crippen LogP contribution in [0.1, 0.15) is 26.3 Å². The molecule has 1 amide bonds. The Morgan fingerprint density at radius 3 is 2.27 bits per heavy atom. The van der Waals surface area contributed by atoms with Crippen LogP contribution in [0, 0.1) is 21.7 Å². The molecule has 0 saturated carbocycles. The third-order valence-electron chi connectivity index (χ3n) is 3.68. The predicted octanol–water partition coefficient (Wildman–Crippen LogP) is 3.39. The first-order chi connectivity index (χ1) is 13.9. The number of nitrogens with one attached hydrogen (secondary N) is 1. The van der Waals surface area contributed by atoms with Crippen LogP contribution >= 0.6 is 0 Å². The number of nitro groups is 1. The molecule has 0 unspecified atom stereocenters. The zero-order chi connectivity index (χ0) is 22.8. The molecule has 0 bridgehead atoms. The van der Waals surface area contributed by atoms with Crippen molar-refractivity contribution >= 4 is 29.0 Å². The third kappa shape index (κ3) is 4.39. The normalized spacial score (nSPS) is 11.0. The molecular formula is C17H9F5N2O6. The number of anilines is 1. The molecule has 2 rings (SSSR count). The van der Waals surface area contributed by atoms with Gasteiger partial charge in [-0.05, 0) is 24.3 Å². The van der Waals surface area contributed by atoms with E-state index in [2.05, 4.69) is 4.74 Å². The minimum Gasteiger partial charge on any atom is -0.465 e. The number of hydrogen-bond donors (Lipinski definition) is 1. The van der Waals surface area contributed by atoms with Crippen molar-refractivity contribution in [2.24, 2.45) is 0 Å². The van der Waals surface area contributed by atoms with Crippen LogP contribution in [0.5, 0.6) is 0 Å². The summed E-state index contributed by atoms with van der Waals surface area (Å²) in [5.74, 6) is -8.53. The number of carbonyl (C=O) groups excluding carboxylic acids is 3. The molecule has 0 aliphatic carbocycles. The van der Waals surface area contributed by atoms with E-state index in [1.54, 1.807) is 0 Å². The Morgan fingerprint density at radius 1 is 1.10 bits per heavy atom. The highest BCUT2D eigenvalue weighted by molar-refractivity contribution is 6.11. The number of ether oxygens (including phenoxy) is 1. The Hall–Kier alpha value is -3.90. The maximum Gasteiger partial charge on any atom is 0.471 e. The van der Waals surface area contributed by atoms with Crippen LogP contribution in [0.4, 0.5) is 33.3 Å². The smallest absolute Gasteiger partial charge is 0.465 e. The predicted molar refractivity (Wildman–Crippen MR) is 88.9 cm³/mol. The number of hydrogen-bond acceptors (Lipinski definition) is 6. The van der Waals surface area contributed by atoms with Crippen molar-refractivity contribution < 1.29 is 46.0 Å². The lowest BCUT2D eigenvalue weighted by Crippen LogP contribution is -2.30. The molecule has 0 heterocycles. The first-order valence-electron chi connectivity index (χ1n) is 7.66. The Morgan fingerprint density at radius 2 is 1.73 bits per heavy atom. The van der Waals surface area contributed by atoms with Crippen molar-refractivity contribution in [3.05, 3.63) is 68.8 Å². The van der Waals surface area contributed by atoms with Gasteiger partial charge in [0.2, 0.25) is 0 Å². The van der Waals surface area contributed by atoms with Crippen LogP contribution in [-0.2, 0) is 9.53 Å². The zero-order valence-corrected chi connectivity index (χ0v) is 14.7. The second-order valence-corrected chi connectivity index (χ2v) is 5.55. The lowest BCUT2D eigenvalue weighted by Gasteiger charge is -2.12. The van der Waals surface area contributed by atoms with Crippen LogP contribution in [0.15, 0.2) is 30.3 Å². The lowest BCUT2D eigenvalue weighted by atomic mass is 9.99. The zero-order valence-electron chi connectivity index (χ0n) is 14.7. The summed E-state index contributed by atoms with van der Waals surface area (Å²) in [7, 11) is 0.896. The van der Waals surface area contributed by atoms with Crippen molar-refractivity contribution in [2.45, 2.75) is 6.18 Å². The first-order valence-corrected chi connectivity index (χ1v) is 7.66. The van der Waals surface area contributed by atoms with E-state index in [1.165, 1.54) is 5.32 Å². The molecule has 0 atom stereocenters. The van der Waals surface area contributed by atoms with E-state index in [0.29, 0.717) is 24.3 Å². The topological polar surface area (TPSA) is 116 Å². The van der Waals surface area contributed by atoms with Gasteiger partial charge in [-0.15, -0.1) is 0 Å². The molecule has 0 aromatic heterocycles. The van der Waals surface area contributed by atoms with E-state index < -0.39 is 68.5 Å². The number of halogens is 5. The Balaban J connectivity index is 2.56. The molecule has 0 fully saturated rings. The number of carbonyl (C=O) groups is 3. The van der Waals surface area contributed by atoms with Gasteiger partial charge in [-0.1, -0.05) is 0 Å². The summed E-state index contributed by atoms with van der Waals surface area (Å²) in [6.07, 6.45) is -5.38. The monoisotopic (exact) mass is 432 g/mol. The molecule has 0 saturated heterocycles. The van der Waals surface area contributed by atoms with Gasteiger partial charge in [0, 0.05) is 11.6 Å². The van der Waals surface area contributed by atoms with Crippen molar-refractivity contribution in [3.63, 3.8) is 0 Å². The first kappa shape index (κ1) is 22.4. The number of benzene rings is 2. The molecule has 2 aromatic carbocycles. The van der Waals surface area contributed by atoms with Gasteiger partial charge in [-0.3, -0.25) is 19.7 Å². The number of amides is 1. The molecule has 0 radical (unpaired) electrons. The van der Waals surface area contributed by atoms with Crippen molar-refractivity contribution in [3.8, 4) is 0 Å². The highest BCUT2D eigenvalue weighted by Gasteiger charge is 2.39. The van der Waals surface area contributed by atoms with Crippen molar-refractivity contribution in [2.75, 3.05) is 12.4 Å². The Bertz CT molecular complexity index is 1070. The van der Waals surface area contributed by atoms with Crippen LogP contribution in [0.3, 0.4) is 0 Å². The van der Waals surface area contributed by atoms with E-state index in [9.17, 15) is 46.5 Å². The summed E-state index contributed by atoms with van der Waals surface area (Å²) >= 11 is 0. The molecule has 0 aliphatic heterocycles. The maximum absolute atomic E-state index is 14.5. The average Bonchev–Trinajstić information content (AvgIpc) is 2.68. The number of rotatable bonds is 5. The number of nitro benzene ring substituents is 1. The van der Waals surface area contributed by atoms with Crippen LogP contribution < -0.4 is 5.32 Å². The maximum atomic E-state index is 14.5. The van der Waals surface area contributed by atoms with Gasteiger partial charge in [0.25, 0.3) is 5.69 Å². The quantitative estimate of drug-likeness (QED) is 0.255. The fourth-order valence-corrected chi connectivity index (χ4v) is 2.30. The van der Waals surface area contributed by atoms with Gasteiger partial charge in [0.15, 0.2) is 11.6 Å². The van der Waals surface area contributed by atoms with Gasteiger partial charge in [-0.25, -0.2) is 13.6 Å². The molecular weight excluding hydrogens is 423 g/mol. The van der Waals surface area contributed by atoms with E-state index >= 15 is 0 Å². The van der Waals surface area contributed by atoms with Gasteiger partial charge in [0.1, 0.15) is 11.4 Å². The minimum absolute atomic E-state index is 0.439. The van der Waals surface area contributed by atoms with Crippen LogP contribution in [0.25, 0.3) is 0 Å². The molecule has 1 N–H and O–H groups in total. The Kier molecular flexibility index (Phi) is 6.14. The fourth-order valence-electron chi connectivity index (χ4n) is 2.30.